The van der Waals surface area contributed by atoms with Gasteiger partial charge in [0.2, 0.25) is 11.8 Å². The Hall–Kier alpha value is -2.92. The summed E-state index contributed by atoms with van der Waals surface area (Å²) in [5.74, 6) is -0.586. The number of hydrogen-bond acceptors (Lipinski definition) is 4. The van der Waals surface area contributed by atoms with Crippen molar-refractivity contribution >= 4 is 50.1 Å². The number of sulfonamides is 1. The van der Waals surface area contributed by atoms with Crippen molar-refractivity contribution in [3.8, 4) is 0 Å². The van der Waals surface area contributed by atoms with E-state index >= 15 is 0 Å². The molecule has 1 saturated carbocycles. The zero-order valence-electron chi connectivity index (χ0n) is 23.4. The number of amides is 2. The van der Waals surface area contributed by atoms with Crippen molar-refractivity contribution in [1.82, 2.24) is 10.2 Å². The summed E-state index contributed by atoms with van der Waals surface area (Å²) in [7, 11) is -4.06. The normalized spacial score (nSPS) is 14.7. The van der Waals surface area contributed by atoms with E-state index in [0.29, 0.717) is 25.1 Å². The maximum absolute atomic E-state index is 14.1. The SMILES string of the molecule is CC[C@H](C(=O)NC1CCCCC1)N(CCc1ccccc1)C(=O)CN(c1ccc(I)cc1)S(=O)(=O)c1ccccc1. The van der Waals surface area contributed by atoms with E-state index in [0.717, 1.165) is 39.1 Å². The fourth-order valence-electron chi connectivity index (χ4n) is 5.30. The summed E-state index contributed by atoms with van der Waals surface area (Å²) in [4.78, 5) is 29.4. The maximum Gasteiger partial charge on any atom is 0.264 e. The highest BCUT2D eigenvalue weighted by Crippen LogP contribution is 2.25. The number of carbonyl (C=O) groups is 2. The summed E-state index contributed by atoms with van der Waals surface area (Å²) in [6, 6.07) is 24.4. The zero-order chi connectivity index (χ0) is 29.2. The summed E-state index contributed by atoms with van der Waals surface area (Å²) < 4.78 is 29.8. The molecule has 1 aliphatic rings. The van der Waals surface area contributed by atoms with Gasteiger partial charge in [-0.2, -0.15) is 0 Å². The Balaban J connectivity index is 1.65. The van der Waals surface area contributed by atoms with Crippen LogP contribution in [0.15, 0.2) is 89.8 Å². The van der Waals surface area contributed by atoms with Crippen LogP contribution in [-0.4, -0.2) is 50.3 Å². The molecular formula is C32H38IN3O4S. The Morgan fingerprint density at radius 2 is 1.51 bits per heavy atom. The smallest absolute Gasteiger partial charge is 0.264 e. The third-order valence-electron chi connectivity index (χ3n) is 7.55. The lowest BCUT2D eigenvalue weighted by Crippen LogP contribution is -2.54. The van der Waals surface area contributed by atoms with Crippen LogP contribution in [0.1, 0.15) is 51.0 Å². The van der Waals surface area contributed by atoms with Gasteiger partial charge in [0.1, 0.15) is 12.6 Å². The first-order valence-electron chi connectivity index (χ1n) is 14.3. The molecule has 4 rings (SSSR count). The Kier molecular flexibility index (Phi) is 11.2. The topological polar surface area (TPSA) is 86.8 Å². The molecule has 0 radical (unpaired) electrons. The Morgan fingerprint density at radius 1 is 0.902 bits per heavy atom. The number of carbonyl (C=O) groups excluding carboxylic acids is 2. The number of nitrogens with one attached hydrogen (secondary N) is 1. The minimum Gasteiger partial charge on any atom is -0.352 e. The van der Waals surface area contributed by atoms with Gasteiger partial charge < -0.3 is 10.2 Å². The van der Waals surface area contributed by atoms with Gasteiger partial charge in [0, 0.05) is 16.2 Å². The van der Waals surface area contributed by atoms with Gasteiger partial charge in [0.05, 0.1) is 10.6 Å². The Morgan fingerprint density at radius 3 is 2.12 bits per heavy atom. The predicted molar refractivity (Wildman–Crippen MR) is 171 cm³/mol. The molecule has 0 unspecified atom stereocenters. The predicted octanol–water partition coefficient (Wildman–Crippen LogP) is 5.79. The van der Waals surface area contributed by atoms with E-state index in [1.54, 1.807) is 35.2 Å². The lowest BCUT2D eigenvalue weighted by atomic mass is 9.95. The molecule has 2 amide bonds. The first kappa shape index (κ1) is 31.0. The van der Waals surface area contributed by atoms with Gasteiger partial charge in [-0.05, 0) is 90.2 Å². The van der Waals surface area contributed by atoms with E-state index in [-0.39, 0.29) is 16.8 Å². The molecule has 0 spiro atoms. The number of rotatable bonds is 12. The second kappa shape index (κ2) is 14.8. The Bertz CT molecular complexity index is 1380. The number of nitrogens with zero attached hydrogens (tertiary/aromatic N) is 2. The van der Waals surface area contributed by atoms with E-state index in [1.165, 1.54) is 18.6 Å². The van der Waals surface area contributed by atoms with Gasteiger partial charge in [-0.15, -0.1) is 0 Å². The highest BCUT2D eigenvalue weighted by atomic mass is 127. The molecular weight excluding hydrogens is 649 g/mol. The van der Waals surface area contributed by atoms with Gasteiger partial charge in [0.25, 0.3) is 10.0 Å². The monoisotopic (exact) mass is 687 g/mol. The third kappa shape index (κ3) is 8.31. The van der Waals surface area contributed by atoms with Crippen molar-refractivity contribution in [1.29, 1.82) is 0 Å². The molecule has 1 N–H and O–H groups in total. The van der Waals surface area contributed by atoms with E-state index in [1.807, 2.05) is 49.4 Å². The van der Waals surface area contributed by atoms with Crippen LogP contribution in [0.2, 0.25) is 0 Å². The quantitative estimate of drug-likeness (QED) is 0.245. The Labute approximate surface area is 257 Å². The minimum absolute atomic E-state index is 0.101. The first-order valence-corrected chi connectivity index (χ1v) is 16.8. The van der Waals surface area contributed by atoms with Crippen molar-refractivity contribution in [3.05, 3.63) is 94.1 Å². The van der Waals surface area contributed by atoms with Gasteiger partial charge in [-0.3, -0.25) is 13.9 Å². The summed E-state index contributed by atoms with van der Waals surface area (Å²) in [6.45, 7) is 1.77. The van der Waals surface area contributed by atoms with Crippen LogP contribution in [0.3, 0.4) is 0 Å². The molecule has 218 valence electrons. The molecule has 1 fully saturated rings. The molecule has 1 aliphatic carbocycles. The molecule has 0 bridgehead atoms. The fraction of sp³-hybridized carbons (Fsp3) is 0.375. The highest BCUT2D eigenvalue weighted by molar-refractivity contribution is 14.1. The molecule has 0 saturated heterocycles. The molecule has 3 aromatic carbocycles. The number of benzene rings is 3. The van der Waals surface area contributed by atoms with Crippen LogP contribution in [0.4, 0.5) is 5.69 Å². The van der Waals surface area contributed by atoms with Crippen molar-refractivity contribution in [2.45, 2.75) is 68.8 Å². The van der Waals surface area contributed by atoms with E-state index in [9.17, 15) is 18.0 Å². The van der Waals surface area contributed by atoms with Crippen LogP contribution in [0, 0.1) is 3.57 Å². The van der Waals surface area contributed by atoms with Crippen LogP contribution in [-0.2, 0) is 26.0 Å². The summed E-state index contributed by atoms with van der Waals surface area (Å²) >= 11 is 2.16. The maximum atomic E-state index is 14.1. The zero-order valence-corrected chi connectivity index (χ0v) is 26.4. The van der Waals surface area contributed by atoms with Crippen LogP contribution in [0.25, 0.3) is 0 Å². The van der Waals surface area contributed by atoms with Crippen molar-refractivity contribution in [2.24, 2.45) is 0 Å². The second-order valence-corrected chi connectivity index (χ2v) is 13.5. The molecule has 0 aliphatic heterocycles. The van der Waals surface area contributed by atoms with E-state index in [4.69, 9.17) is 0 Å². The average Bonchev–Trinajstić information content (AvgIpc) is 2.99. The molecule has 9 heteroatoms. The third-order valence-corrected chi connectivity index (χ3v) is 10.1. The van der Waals surface area contributed by atoms with Crippen molar-refractivity contribution < 1.29 is 18.0 Å². The van der Waals surface area contributed by atoms with E-state index < -0.39 is 28.5 Å². The van der Waals surface area contributed by atoms with Gasteiger partial charge in [-0.25, -0.2) is 8.42 Å². The molecule has 1 atom stereocenters. The summed E-state index contributed by atoms with van der Waals surface area (Å²) in [6.07, 6.45) is 6.20. The molecule has 7 nitrogen and oxygen atoms in total. The van der Waals surface area contributed by atoms with Gasteiger partial charge in [0.15, 0.2) is 0 Å². The molecule has 3 aromatic rings. The number of hydrogen-bond donors (Lipinski definition) is 1. The van der Waals surface area contributed by atoms with E-state index in [2.05, 4.69) is 27.9 Å². The van der Waals surface area contributed by atoms with Crippen molar-refractivity contribution in [2.75, 3.05) is 17.4 Å². The largest absolute Gasteiger partial charge is 0.352 e. The number of halogens is 1. The molecule has 0 aromatic heterocycles. The lowest BCUT2D eigenvalue weighted by molar-refractivity contribution is -0.140. The van der Waals surface area contributed by atoms with Crippen molar-refractivity contribution in [3.63, 3.8) is 0 Å². The lowest BCUT2D eigenvalue weighted by Gasteiger charge is -2.34. The highest BCUT2D eigenvalue weighted by Gasteiger charge is 2.34. The standard InChI is InChI=1S/C32H38IN3O4S/c1-2-30(32(38)34-27-14-8-4-9-15-27)35(23-22-25-12-6-3-7-13-25)31(37)24-36(28-20-18-26(33)19-21-28)41(39,40)29-16-10-5-11-17-29/h3,5-7,10-13,16-21,27,30H,2,4,8-9,14-15,22-24H2,1H3,(H,34,38)/t30-/m1/s1. The fourth-order valence-corrected chi connectivity index (χ4v) is 7.09. The van der Waals surface area contributed by atoms with Gasteiger partial charge in [-0.1, -0.05) is 74.7 Å². The minimum atomic E-state index is -4.06. The summed E-state index contributed by atoms with van der Waals surface area (Å²) in [5, 5.41) is 3.19. The van der Waals surface area contributed by atoms with Crippen LogP contribution < -0.4 is 9.62 Å². The van der Waals surface area contributed by atoms with Gasteiger partial charge >= 0.3 is 0 Å². The van der Waals surface area contributed by atoms with Crippen LogP contribution >= 0.6 is 22.6 Å². The average molecular weight is 688 g/mol. The summed E-state index contributed by atoms with van der Waals surface area (Å²) in [5.41, 5.74) is 1.43. The first-order chi connectivity index (χ1) is 19.8. The van der Waals surface area contributed by atoms with Crippen LogP contribution in [0.5, 0.6) is 0 Å². The number of anilines is 1. The molecule has 41 heavy (non-hydrogen) atoms. The second-order valence-electron chi connectivity index (χ2n) is 10.4. The molecule has 0 heterocycles.